The molecule has 146 valence electrons. The minimum Gasteiger partial charge on any atom is -0.354 e. The minimum absolute atomic E-state index is 0.196. The topological polar surface area (TPSA) is 69.7 Å². The quantitative estimate of drug-likeness (QED) is 0.655. The lowest BCUT2D eigenvalue weighted by atomic mass is 10.2. The summed E-state index contributed by atoms with van der Waals surface area (Å²) in [4.78, 5) is 14.9. The van der Waals surface area contributed by atoms with Crippen molar-refractivity contribution >= 4 is 44.8 Å². The van der Waals surface area contributed by atoms with Crippen molar-refractivity contribution < 1.29 is 13.2 Å². The fraction of sp³-hybridized carbons (Fsp3) is 0.588. The molecule has 1 saturated heterocycles. The molecule has 1 amide bonds. The number of carbonyl (C=O) groups is 1. The van der Waals surface area contributed by atoms with Crippen LogP contribution in [0.2, 0.25) is 10.0 Å². The number of amides is 1. The molecule has 1 atom stereocenters. The van der Waals surface area contributed by atoms with Crippen LogP contribution in [0.25, 0.3) is 0 Å². The lowest BCUT2D eigenvalue weighted by Gasteiger charge is -2.29. The average molecular weight is 422 g/mol. The van der Waals surface area contributed by atoms with Crippen molar-refractivity contribution in [2.75, 3.05) is 36.7 Å². The van der Waals surface area contributed by atoms with Gasteiger partial charge in [0.25, 0.3) is 0 Å². The van der Waals surface area contributed by atoms with Crippen LogP contribution >= 0.6 is 23.2 Å². The predicted molar refractivity (Wildman–Crippen MR) is 107 cm³/mol. The predicted octanol–water partition coefficient (Wildman–Crippen LogP) is 2.75. The Morgan fingerprint density at radius 2 is 1.96 bits per heavy atom. The van der Waals surface area contributed by atoms with Crippen LogP contribution in [-0.4, -0.2) is 57.7 Å². The Hall–Kier alpha value is -1.02. The Bertz CT molecular complexity index is 737. The maximum absolute atomic E-state index is 12.5. The molecule has 1 unspecified atom stereocenters. The summed E-state index contributed by atoms with van der Waals surface area (Å²) in [6.07, 6.45) is 4.33. The van der Waals surface area contributed by atoms with Crippen LogP contribution in [-0.2, 0) is 14.8 Å². The number of hydrogen-bond donors (Lipinski definition) is 1. The van der Waals surface area contributed by atoms with Crippen LogP contribution in [0.15, 0.2) is 18.2 Å². The Morgan fingerprint density at radius 1 is 1.31 bits per heavy atom. The second-order valence-electron chi connectivity index (χ2n) is 6.52. The van der Waals surface area contributed by atoms with E-state index >= 15 is 0 Å². The van der Waals surface area contributed by atoms with E-state index in [4.69, 9.17) is 23.2 Å². The zero-order valence-electron chi connectivity index (χ0n) is 15.0. The molecule has 1 aromatic carbocycles. The van der Waals surface area contributed by atoms with Crippen molar-refractivity contribution in [3.63, 3.8) is 0 Å². The van der Waals surface area contributed by atoms with Gasteiger partial charge in [-0.1, -0.05) is 23.2 Å². The number of anilines is 1. The highest BCUT2D eigenvalue weighted by molar-refractivity contribution is 7.92. The Kier molecular flexibility index (Phi) is 7.58. The number of likely N-dealkylation sites (tertiary alicyclic amines) is 1. The molecule has 0 spiro atoms. The molecule has 0 aromatic heterocycles. The summed E-state index contributed by atoms with van der Waals surface area (Å²) in [5, 5.41) is 3.37. The molecular formula is C17H25Cl2N3O3S. The van der Waals surface area contributed by atoms with Crippen LogP contribution in [0.4, 0.5) is 5.69 Å². The van der Waals surface area contributed by atoms with E-state index in [-0.39, 0.29) is 16.6 Å². The summed E-state index contributed by atoms with van der Waals surface area (Å²) in [6.45, 7) is 5.19. The van der Waals surface area contributed by atoms with Gasteiger partial charge < -0.3 is 10.2 Å². The van der Waals surface area contributed by atoms with Gasteiger partial charge in [0.2, 0.25) is 15.9 Å². The van der Waals surface area contributed by atoms with E-state index in [0.29, 0.717) is 11.6 Å². The normalized spacial score (nSPS) is 16.5. The SMILES string of the molecule is CC(C(=O)NCCCN1CCCC1)N(c1cc(Cl)ccc1Cl)S(C)(=O)=O. The van der Waals surface area contributed by atoms with Crippen LogP contribution in [0, 0.1) is 0 Å². The summed E-state index contributed by atoms with van der Waals surface area (Å²) >= 11 is 12.1. The summed E-state index contributed by atoms with van der Waals surface area (Å²) in [5.41, 5.74) is 0.196. The molecule has 6 nitrogen and oxygen atoms in total. The van der Waals surface area contributed by atoms with Gasteiger partial charge in [0.15, 0.2) is 0 Å². The van der Waals surface area contributed by atoms with Crippen molar-refractivity contribution in [3.05, 3.63) is 28.2 Å². The number of halogens is 2. The third-order valence-electron chi connectivity index (χ3n) is 4.38. The Morgan fingerprint density at radius 3 is 2.58 bits per heavy atom. The van der Waals surface area contributed by atoms with E-state index < -0.39 is 16.1 Å². The minimum atomic E-state index is -3.72. The molecule has 1 aliphatic rings. The van der Waals surface area contributed by atoms with Gasteiger partial charge in [0, 0.05) is 11.6 Å². The first-order chi connectivity index (χ1) is 12.2. The molecule has 26 heavy (non-hydrogen) atoms. The molecular weight excluding hydrogens is 397 g/mol. The number of rotatable bonds is 8. The summed E-state index contributed by atoms with van der Waals surface area (Å²) in [5.74, 6) is -0.368. The highest BCUT2D eigenvalue weighted by Crippen LogP contribution is 2.32. The largest absolute Gasteiger partial charge is 0.354 e. The summed E-state index contributed by atoms with van der Waals surface area (Å²) in [7, 11) is -3.72. The monoisotopic (exact) mass is 421 g/mol. The maximum Gasteiger partial charge on any atom is 0.243 e. The zero-order valence-corrected chi connectivity index (χ0v) is 17.4. The number of benzene rings is 1. The first kappa shape index (κ1) is 21.3. The fourth-order valence-electron chi connectivity index (χ4n) is 3.10. The van der Waals surface area contributed by atoms with Crippen molar-refractivity contribution in [1.29, 1.82) is 0 Å². The molecule has 9 heteroatoms. The lowest BCUT2D eigenvalue weighted by molar-refractivity contribution is -0.121. The van der Waals surface area contributed by atoms with Crippen LogP contribution < -0.4 is 9.62 Å². The molecule has 0 aliphatic carbocycles. The third-order valence-corrected chi connectivity index (χ3v) is 6.17. The van der Waals surface area contributed by atoms with E-state index in [0.717, 1.165) is 36.6 Å². The van der Waals surface area contributed by atoms with Crippen LogP contribution in [0.5, 0.6) is 0 Å². The summed E-state index contributed by atoms with van der Waals surface area (Å²) < 4.78 is 25.6. The molecule has 0 radical (unpaired) electrons. The van der Waals surface area contributed by atoms with E-state index in [1.54, 1.807) is 6.07 Å². The number of nitrogens with one attached hydrogen (secondary N) is 1. The summed E-state index contributed by atoms with van der Waals surface area (Å²) in [6, 6.07) is 3.59. The standard InChI is InChI=1S/C17H25Cl2N3O3S/c1-13(17(23)20-8-5-11-21-9-3-4-10-21)22(26(2,24)25)16-12-14(18)6-7-15(16)19/h6-7,12-13H,3-5,8-11H2,1-2H3,(H,20,23). The van der Waals surface area contributed by atoms with E-state index in [9.17, 15) is 13.2 Å². The Labute approximate surface area is 165 Å². The van der Waals surface area contributed by atoms with Crippen molar-refractivity contribution in [2.45, 2.75) is 32.2 Å². The molecule has 2 rings (SSSR count). The van der Waals surface area contributed by atoms with Gasteiger partial charge in [0.05, 0.1) is 17.0 Å². The fourth-order valence-corrected chi connectivity index (χ4v) is 4.71. The highest BCUT2D eigenvalue weighted by atomic mass is 35.5. The first-order valence-electron chi connectivity index (χ1n) is 8.64. The van der Waals surface area contributed by atoms with E-state index in [1.165, 1.54) is 31.9 Å². The number of sulfonamides is 1. The van der Waals surface area contributed by atoms with Gasteiger partial charge >= 0.3 is 0 Å². The van der Waals surface area contributed by atoms with Gasteiger partial charge in [-0.05, 0) is 64.0 Å². The van der Waals surface area contributed by atoms with Gasteiger partial charge in [-0.15, -0.1) is 0 Å². The molecule has 0 bridgehead atoms. The van der Waals surface area contributed by atoms with E-state index in [2.05, 4.69) is 10.2 Å². The van der Waals surface area contributed by atoms with Crippen LogP contribution in [0.1, 0.15) is 26.2 Å². The second kappa shape index (κ2) is 9.26. The van der Waals surface area contributed by atoms with Crippen molar-refractivity contribution in [2.24, 2.45) is 0 Å². The highest BCUT2D eigenvalue weighted by Gasteiger charge is 2.30. The van der Waals surface area contributed by atoms with E-state index in [1.807, 2.05) is 0 Å². The third kappa shape index (κ3) is 5.74. The smallest absolute Gasteiger partial charge is 0.243 e. The molecule has 1 N–H and O–H groups in total. The zero-order chi connectivity index (χ0) is 19.3. The van der Waals surface area contributed by atoms with Gasteiger partial charge in [0.1, 0.15) is 6.04 Å². The van der Waals surface area contributed by atoms with Gasteiger partial charge in [-0.2, -0.15) is 0 Å². The molecule has 1 heterocycles. The number of carbonyl (C=O) groups excluding carboxylic acids is 1. The van der Waals surface area contributed by atoms with Crippen molar-refractivity contribution in [3.8, 4) is 0 Å². The average Bonchev–Trinajstić information content (AvgIpc) is 3.07. The number of hydrogen-bond acceptors (Lipinski definition) is 4. The van der Waals surface area contributed by atoms with Gasteiger partial charge in [-0.3, -0.25) is 9.10 Å². The Balaban J connectivity index is 2.02. The van der Waals surface area contributed by atoms with Crippen LogP contribution in [0.3, 0.4) is 0 Å². The molecule has 1 aromatic rings. The molecule has 0 saturated carbocycles. The first-order valence-corrected chi connectivity index (χ1v) is 11.2. The lowest BCUT2D eigenvalue weighted by Crippen LogP contribution is -2.48. The van der Waals surface area contributed by atoms with Gasteiger partial charge in [-0.25, -0.2) is 8.42 Å². The second-order valence-corrected chi connectivity index (χ2v) is 9.23. The maximum atomic E-state index is 12.5. The van der Waals surface area contributed by atoms with Crippen molar-refractivity contribution in [1.82, 2.24) is 10.2 Å². The molecule has 1 aliphatic heterocycles. The molecule has 1 fully saturated rings. The number of nitrogens with zero attached hydrogens (tertiary/aromatic N) is 2.